The molecule has 3 nitrogen and oxygen atoms in total. The van der Waals surface area contributed by atoms with Gasteiger partial charge in [0.2, 0.25) is 6.54 Å². The fraction of sp³-hybridized carbons (Fsp3) is 0.571. The van der Waals surface area contributed by atoms with Gasteiger partial charge in [-0.25, -0.2) is 0 Å². The molecule has 0 radical (unpaired) electrons. The van der Waals surface area contributed by atoms with Crippen molar-refractivity contribution < 1.29 is 4.92 Å². The Kier molecular flexibility index (Phi) is 4.27. The van der Waals surface area contributed by atoms with Crippen LogP contribution in [-0.4, -0.2) is 11.5 Å². The molecule has 98 valence electrons. The molecule has 0 saturated heterocycles. The second kappa shape index (κ2) is 5.74. The van der Waals surface area contributed by atoms with Gasteiger partial charge in [0.05, 0.1) is 5.41 Å². The van der Waals surface area contributed by atoms with Gasteiger partial charge < -0.3 is 0 Å². The molecule has 1 aliphatic carbocycles. The van der Waals surface area contributed by atoms with Gasteiger partial charge in [-0.05, 0) is 18.4 Å². The van der Waals surface area contributed by atoms with E-state index in [-0.39, 0.29) is 22.1 Å². The highest BCUT2D eigenvalue weighted by molar-refractivity contribution is 7.80. The lowest BCUT2D eigenvalue weighted by molar-refractivity contribution is -0.499. The average Bonchev–Trinajstić information content (AvgIpc) is 2.39. The lowest BCUT2D eigenvalue weighted by Crippen LogP contribution is -2.36. The topological polar surface area (TPSA) is 43.1 Å². The highest BCUT2D eigenvalue weighted by Gasteiger charge is 2.43. The highest BCUT2D eigenvalue weighted by Crippen LogP contribution is 2.49. The molecule has 1 fully saturated rings. The number of rotatable bonds is 4. The van der Waals surface area contributed by atoms with Crippen molar-refractivity contribution in [2.75, 3.05) is 6.54 Å². The van der Waals surface area contributed by atoms with Crippen molar-refractivity contribution in [1.82, 2.24) is 0 Å². The van der Waals surface area contributed by atoms with E-state index >= 15 is 0 Å². The Morgan fingerprint density at radius 1 is 1.22 bits per heavy atom. The maximum absolute atomic E-state index is 11.0. The molecular weight excluding hydrogens is 246 g/mol. The van der Waals surface area contributed by atoms with Crippen molar-refractivity contribution in [3.63, 3.8) is 0 Å². The Labute approximate surface area is 113 Å². The summed E-state index contributed by atoms with van der Waals surface area (Å²) in [5.74, 6) is 0. The predicted octanol–water partition coefficient (Wildman–Crippen LogP) is 3.88. The summed E-state index contributed by atoms with van der Waals surface area (Å²) >= 11 is 4.72. The van der Waals surface area contributed by atoms with E-state index < -0.39 is 0 Å². The molecule has 4 heteroatoms. The van der Waals surface area contributed by atoms with Crippen LogP contribution in [0.2, 0.25) is 0 Å². The van der Waals surface area contributed by atoms with Gasteiger partial charge in [0.15, 0.2) is 0 Å². The molecule has 18 heavy (non-hydrogen) atoms. The van der Waals surface area contributed by atoms with E-state index in [0.29, 0.717) is 0 Å². The van der Waals surface area contributed by atoms with Gasteiger partial charge >= 0.3 is 0 Å². The summed E-state index contributed by atoms with van der Waals surface area (Å²) < 4.78 is 0. The van der Waals surface area contributed by atoms with Crippen LogP contribution in [0.1, 0.15) is 42.9 Å². The lowest BCUT2D eigenvalue weighted by atomic mass is 9.70. The molecule has 1 aromatic rings. The lowest BCUT2D eigenvalue weighted by Gasteiger charge is -2.38. The van der Waals surface area contributed by atoms with Gasteiger partial charge in [0.1, 0.15) is 0 Å². The smallest absolute Gasteiger partial charge is 0.210 e. The Bertz CT molecular complexity index is 402. The number of hydrogen-bond donors (Lipinski definition) is 1. The van der Waals surface area contributed by atoms with E-state index in [1.807, 2.05) is 30.3 Å². The summed E-state index contributed by atoms with van der Waals surface area (Å²) in [6, 6.07) is 9.95. The predicted molar refractivity (Wildman–Crippen MR) is 75.5 cm³/mol. The summed E-state index contributed by atoms with van der Waals surface area (Å²) in [6.45, 7) is 0.0378. The zero-order chi connectivity index (χ0) is 13.0. The van der Waals surface area contributed by atoms with E-state index in [2.05, 4.69) is 0 Å². The van der Waals surface area contributed by atoms with E-state index in [0.717, 1.165) is 31.2 Å². The Morgan fingerprint density at radius 3 is 2.39 bits per heavy atom. The standard InChI is InChI=1S/C14H19NO2S/c16-15(17)11-14(9-5-2-6-10-14)13(18)12-7-3-1-4-8-12/h1,3-4,7-8,13,18H,2,5-6,9-11H2. The minimum Gasteiger partial charge on any atom is -0.265 e. The molecule has 1 saturated carbocycles. The van der Waals surface area contributed by atoms with Gasteiger partial charge in [0.25, 0.3) is 0 Å². The summed E-state index contributed by atoms with van der Waals surface area (Å²) in [4.78, 5) is 10.8. The van der Waals surface area contributed by atoms with E-state index in [4.69, 9.17) is 12.6 Å². The van der Waals surface area contributed by atoms with E-state index in [9.17, 15) is 10.1 Å². The first-order valence-electron chi connectivity index (χ1n) is 6.49. The van der Waals surface area contributed by atoms with Crippen LogP contribution in [0.3, 0.4) is 0 Å². The molecule has 0 amide bonds. The van der Waals surface area contributed by atoms with Crippen molar-refractivity contribution in [1.29, 1.82) is 0 Å². The van der Waals surface area contributed by atoms with Gasteiger partial charge in [-0.1, -0.05) is 49.6 Å². The molecule has 0 spiro atoms. The van der Waals surface area contributed by atoms with Crippen LogP contribution >= 0.6 is 12.6 Å². The van der Waals surface area contributed by atoms with Gasteiger partial charge in [-0.15, -0.1) is 0 Å². The third-order valence-electron chi connectivity index (χ3n) is 3.99. The quantitative estimate of drug-likeness (QED) is 0.510. The number of benzene rings is 1. The third kappa shape index (κ3) is 2.86. The maximum atomic E-state index is 11.0. The number of nitro groups is 1. The third-order valence-corrected chi connectivity index (χ3v) is 4.83. The second-order valence-corrected chi connectivity index (χ2v) is 5.74. The minimum absolute atomic E-state index is 0.0376. The molecule has 0 heterocycles. The number of thiol groups is 1. The van der Waals surface area contributed by atoms with Crippen molar-refractivity contribution in [2.24, 2.45) is 5.41 Å². The molecule has 0 bridgehead atoms. The SMILES string of the molecule is O=[N+]([O-])CC1(C(S)c2ccccc2)CCCCC1. The monoisotopic (exact) mass is 265 g/mol. The molecule has 1 atom stereocenters. The van der Waals surface area contributed by atoms with Crippen LogP contribution in [-0.2, 0) is 0 Å². The van der Waals surface area contributed by atoms with E-state index in [1.54, 1.807) is 0 Å². The molecule has 0 aliphatic heterocycles. The van der Waals surface area contributed by atoms with Gasteiger partial charge in [0, 0.05) is 10.2 Å². The summed E-state index contributed by atoms with van der Waals surface area (Å²) in [5, 5.41) is 10.9. The van der Waals surface area contributed by atoms with Gasteiger partial charge in [-0.2, -0.15) is 12.6 Å². The summed E-state index contributed by atoms with van der Waals surface area (Å²) in [6.07, 6.45) is 5.18. The van der Waals surface area contributed by atoms with Crippen LogP contribution in [0.4, 0.5) is 0 Å². The first-order valence-corrected chi connectivity index (χ1v) is 7.00. The molecule has 1 aromatic carbocycles. The first kappa shape index (κ1) is 13.4. The molecule has 1 aliphatic rings. The second-order valence-electron chi connectivity index (χ2n) is 5.23. The van der Waals surface area contributed by atoms with Crippen LogP contribution in [0.5, 0.6) is 0 Å². The van der Waals surface area contributed by atoms with Crippen molar-refractivity contribution in [3.05, 3.63) is 46.0 Å². The van der Waals surface area contributed by atoms with Gasteiger partial charge in [-0.3, -0.25) is 10.1 Å². The maximum Gasteiger partial charge on any atom is 0.210 e. The van der Waals surface area contributed by atoms with Crippen LogP contribution in [0.25, 0.3) is 0 Å². The fourth-order valence-corrected chi connectivity index (χ4v) is 3.53. The molecular formula is C14H19NO2S. The highest BCUT2D eigenvalue weighted by atomic mass is 32.1. The Morgan fingerprint density at radius 2 is 1.83 bits per heavy atom. The average molecular weight is 265 g/mol. The number of nitrogens with zero attached hydrogens (tertiary/aromatic N) is 1. The molecule has 0 N–H and O–H groups in total. The largest absolute Gasteiger partial charge is 0.265 e. The molecule has 0 aromatic heterocycles. The molecule has 2 rings (SSSR count). The van der Waals surface area contributed by atoms with Crippen LogP contribution < -0.4 is 0 Å². The van der Waals surface area contributed by atoms with Crippen molar-refractivity contribution >= 4 is 12.6 Å². The number of hydrogen-bond acceptors (Lipinski definition) is 3. The summed E-state index contributed by atoms with van der Waals surface area (Å²) in [7, 11) is 0. The normalized spacial score (nSPS) is 20.3. The van der Waals surface area contributed by atoms with Crippen molar-refractivity contribution in [2.45, 2.75) is 37.4 Å². The first-order chi connectivity index (χ1) is 8.64. The van der Waals surface area contributed by atoms with Crippen LogP contribution in [0, 0.1) is 15.5 Å². The fourth-order valence-electron chi connectivity index (χ4n) is 3.02. The minimum atomic E-state index is -0.272. The van der Waals surface area contributed by atoms with E-state index in [1.165, 1.54) is 6.42 Å². The van der Waals surface area contributed by atoms with Crippen molar-refractivity contribution in [3.8, 4) is 0 Å². The summed E-state index contributed by atoms with van der Waals surface area (Å²) in [5.41, 5.74) is 0.830. The zero-order valence-electron chi connectivity index (χ0n) is 10.4. The Balaban J connectivity index is 2.25. The van der Waals surface area contributed by atoms with Crippen LogP contribution in [0.15, 0.2) is 30.3 Å². The Hall–Kier alpha value is -1.03. The zero-order valence-corrected chi connectivity index (χ0v) is 11.3. The molecule has 1 unspecified atom stereocenters.